The lowest BCUT2D eigenvalue weighted by atomic mass is 10.1. The molecule has 4 N–H and O–H groups in total. The second-order valence-electron chi connectivity index (χ2n) is 7.20. The Morgan fingerprint density at radius 1 is 1.13 bits per heavy atom. The molecule has 0 aliphatic heterocycles. The summed E-state index contributed by atoms with van der Waals surface area (Å²) in [4.78, 5) is 16.7. The number of amides is 1. The molecule has 9 heteroatoms. The maximum atomic E-state index is 11.1. The van der Waals surface area contributed by atoms with E-state index in [0.29, 0.717) is 12.4 Å². The molecule has 2 aromatic carbocycles. The fourth-order valence-corrected chi connectivity index (χ4v) is 3.48. The molecule has 0 saturated carbocycles. The third-order valence-electron chi connectivity index (χ3n) is 5.05. The Kier molecular flexibility index (Phi) is 6.46. The van der Waals surface area contributed by atoms with Crippen LogP contribution in [-0.4, -0.2) is 48.2 Å². The molecule has 4 rings (SSSR count). The van der Waals surface area contributed by atoms with Crippen LogP contribution in [-0.2, 0) is 24.3 Å². The SMILES string of the molecule is O=C(C=Cc1ccc(CN(CCc2c[nH]c3ccccc23)Cc2nn[nH]n2)cc1)NO. The smallest absolute Gasteiger partial charge is 0.267 e. The number of fused-ring (bicyclic) bond motifs is 1. The van der Waals surface area contributed by atoms with Crippen LogP contribution in [0.15, 0.2) is 60.8 Å². The van der Waals surface area contributed by atoms with Crippen molar-refractivity contribution in [3.63, 3.8) is 0 Å². The van der Waals surface area contributed by atoms with Crippen molar-refractivity contribution < 1.29 is 10.0 Å². The number of para-hydroxylation sites is 1. The van der Waals surface area contributed by atoms with E-state index in [1.165, 1.54) is 17.0 Å². The van der Waals surface area contributed by atoms with Crippen LogP contribution in [0.4, 0.5) is 0 Å². The highest BCUT2D eigenvalue weighted by molar-refractivity contribution is 5.90. The van der Waals surface area contributed by atoms with Gasteiger partial charge in [-0.25, -0.2) is 5.48 Å². The molecule has 4 aromatic rings. The highest BCUT2D eigenvalue weighted by atomic mass is 16.5. The molecule has 0 atom stereocenters. The lowest BCUT2D eigenvalue weighted by molar-refractivity contribution is -0.124. The standard InChI is InChI=1S/C22H23N7O2/c30-22(26-31)10-9-16-5-7-17(8-6-16)14-29(15-21-24-27-28-25-21)12-11-18-13-23-20-4-2-1-3-19(18)20/h1-10,13,23,31H,11-12,14-15H2,(H,26,30)(H,24,25,27,28). The molecular formula is C22H23N7O2. The van der Waals surface area contributed by atoms with Crippen LogP contribution < -0.4 is 5.48 Å². The van der Waals surface area contributed by atoms with Crippen LogP contribution in [0.5, 0.6) is 0 Å². The second kappa shape index (κ2) is 9.79. The van der Waals surface area contributed by atoms with Gasteiger partial charge in [0.25, 0.3) is 5.91 Å². The predicted molar refractivity (Wildman–Crippen MR) is 116 cm³/mol. The van der Waals surface area contributed by atoms with Crippen LogP contribution in [0.2, 0.25) is 0 Å². The molecule has 0 radical (unpaired) electrons. The van der Waals surface area contributed by atoms with Crippen LogP contribution in [0.1, 0.15) is 22.5 Å². The third-order valence-corrected chi connectivity index (χ3v) is 5.05. The van der Waals surface area contributed by atoms with Gasteiger partial charge in [-0.1, -0.05) is 47.7 Å². The zero-order chi connectivity index (χ0) is 21.5. The van der Waals surface area contributed by atoms with Gasteiger partial charge in [0.2, 0.25) is 0 Å². The fraction of sp³-hybridized carbons (Fsp3) is 0.182. The van der Waals surface area contributed by atoms with Gasteiger partial charge in [0.1, 0.15) is 0 Å². The van der Waals surface area contributed by atoms with Crippen molar-refractivity contribution in [1.29, 1.82) is 0 Å². The molecule has 0 aliphatic carbocycles. The van der Waals surface area contributed by atoms with Gasteiger partial charge < -0.3 is 4.98 Å². The van der Waals surface area contributed by atoms with E-state index in [-0.39, 0.29) is 0 Å². The number of hydrogen-bond donors (Lipinski definition) is 4. The Hall–Kier alpha value is -3.82. The molecule has 0 unspecified atom stereocenters. The number of nitrogens with one attached hydrogen (secondary N) is 3. The number of rotatable bonds is 9. The van der Waals surface area contributed by atoms with Gasteiger partial charge in [-0.05, 0) is 35.3 Å². The predicted octanol–water partition coefficient (Wildman–Crippen LogP) is 2.44. The molecule has 0 aliphatic rings. The summed E-state index contributed by atoms with van der Waals surface area (Å²) in [6.45, 7) is 2.13. The van der Waals surface area contributed by atoms with Gasteiger partial charge >= 0.3 is 0 Å². The Morgan fingerprint density at radius 3 is 2.74 bits per heavy atom. The van der Waals surface area contributed by atoms with Gasteiger partial charge in [-0.3, -0.25) is 14.9 Å². The maximum absolute atomic E-state index is 11.1. The first-order valence-corrected chi connectivity index (χ1v) is 9.92. The molecule has 0 saturated heterocycles. The normalized spacial score (nSPS) is 11.5. The van der Waals surface area contributed by atoms with Crippen molar-refractivity contribution in [2.24, 2.45) is 0 Å². The number of aromatic nitrogens is 5. The van der Waals surface area contributed by atoms with E-state index in [2.05, 4.69) is 54.9 Å². The van der Waals surface area contributed by atoms with E-state index in [9.17, 15) is 4.79 Å². The number of H-pyrrole nitrogens is 2. The summed E-state index contributed by atoms with van der Waals surface area (Å²) in [5.74, 6) is 0.0844. The Labute approximate surface area is 178 Å². The summed E-state index contributed by atoms with van der Waals surface area (Å²) >= 11 is 0. The van der Waals surface area contributed by atoms with E-state index in [1.54, 1.807) is 11.6 Å². The van der Waals surface area contributed by atoms with Crippen molar-refractivity contribution in [3.8, 4) is 0 Å². The topological polar surface area (TPSA) is 123 Å². The van der Waals surface area contributed by atoms with E-state index in [1.807, 2.05) is 30.3 Å². The second-order valence-corrected chi connectivity index (χ2v) is 7.20. The monoisotopic (exact) mass is 417 g/mol. The third kappa shape index (κ3) is 5.41. The summed E-state index contributed by atoms with van der Waals surface area (Å²) < 4.78 is 0. The number of aromatic amines is 2. The van der Waals surface area contributed by atoms with Crippen molar-refractivity contribution in [3.05, 3.63) is 83.3 Å². The van der Waals surface area contributed by atoms with Crippen LogP contribution in [0, 0.1) is 0 Å². The van der Waals surface area contributed by atoms with E-state index < -0.39 is 5.91 Å². The Balaban J connectivity index is 1.45. The lowest BCUT2D eigenvalue weighted by Gasteiger charge is -2.21. The highest BCUT2D eigenvalue weighted by Gasteiger charge is 2.12. The van der Waals surface area contributed by atoms with E-state index in [4.69, 9.17) is 5.21 Å². The molecule has 9 nitrogen and oxygen atoms in total. The molecule has 2 aromatic heterocycles. The zero-order valence-corrected chi connectivity index (χ0v) is 16.8. The minimum atomic E-state index is -0.562. The van der Waals surface area contributed by atoms with Crippen molar-refractivity contribution >= 4 is 22.9 Å². The fourth-order valence-electron chi connectivity index (χ4n) is 3.48. The number of hydroxylamine groups is 1. The first-order valence-electron chi connectivity index (χ1n) is 9.92. The van der Waals surface area contributed by atoms with Gasteiger partial charge in [0.05, 0.1) is 6.54 Å². The molecule has 0 spiro atoms. The van der Waals surface area contributed by atoms with Gasteiger partial charge in [0.15, 0.2) is 5.82 Å². The summed E-state index contributed by atoms with van der Waals surface area (Å²) in [6.07, 6.45) is 5.88. The first-order chi connectivity index (χ1) is 15.2. The maximum Gasteiger partial charge on any atom is 0.267 e. The lowest BCUT2D eigenvalue weighted by Crippen LogP contribution is -2.26. The minimum Gasteiger partial charge on any atom is -0.361 e. The average Bonchev–Trinajstić information content (AvgIpc) is 3.46. The summed E-state index contributed by atoms with van der Waals surface area (Å²) in [7, 11) is 0. The minimum absolute atomic E-state index is 0.562. The molecule has 0 fully saturated rings. The summed E-state index contributed by atoms with van der Waals surface area (Å²) in [6, 6.07) is 16.2. The average molecular weight is 417 g/mol. The number of carbonyl (C=O) groups is 1. The van der Waals surface area contributed by atoms with Gasteiger partial charge in [-0.2, -0.15) is 5.21 Å². The van der Waals surface area contributed by atoms with Crippen molar-refractivity contribution in [2.75, 3.05) is 6.54 Å². The largest absolute Gasteiger partial charge is 0.361 e. The van der Waals surface area contributed by atoms with E-state index >= 15 is 0 Å². The zero-order valence-electron chi connectivity index (χ0n) is 16.8. The van der Waals surface area contributed by atoms with Crippen LogP contribution >= 0.6 is 0 Å². The molecule has 2 heterocycles. The van der Waals surface area contributed by atoms with Crippen molar-refractivity contribution in [2.45, 2.75) is 19.5 Å². The molecular weight excluding hydrogens is 394 g/mol. The van der Waals surface area contributed by atoms with Gasteiger partial charge in [-0.15, -0.1) is 10.2 Å². The number of nitrogens with zero attached hydrogens (tertiary/aromatic N) is 4. The number of tetrazole rings is 1. The summed E-state index contributed by atoms with van der Waals surface area (Å²) in [5, 5.41) is 24.2. The Bertz CT molecular complexity index is 1150. The summed E-state index contributed by atoms with van der Waals surface area (Å²) in [5.41, 5.74) is 5.99. The molecule has 158 valence electrons. The molecule has 31 heavy (non-hydrogen) atoms. The van der Waals surface area contributed by atoms with Crippen molar-refractivity contribution in [1.82, 2.24) is 36.0 Å². The molecule has 1 amide bonds. The molecule has 0 bridgehead atoms. The van der Waals surface area contributed by atoms with Gasteiger partial charge in [0, 0.05) is 36.3 Å². The highest BCUT2D eigenvalue weighted by Crippen LogP contribution is 2.19. The van der Waals surface area contributed by atoms with Crippen LogP contribution in [0.25, 0.3) is 17.0 Å². The number of benzene rings is 2. The van der Waals surface area contributed by atoms with Crippen LogP contribution in [0.3, 0.4) is 0 Å². The Morgan fingerprint density at radius 2 is 1.97 bits per heavy atom. The van der Waals surface area contributed by atoms with E-state index in [0.717, 1.165) is 36.2 Å². The number of hydrogen-bond acceptors (Lipinski definition) is 6. The first kappa shape index (κ1) is 20.5. The number of carbonyl (C=O) groups excluding carboxylic acids is 1. The quantitative estimate of drug-likeness (QED) is 0.188.